The summed E-state index contributed by atoms with van der Waals surface area (Å²) in [6.45, 7) is 7.27. The minimum Gasteiger partial charge on any atom is -0.418 e. The summed E-state index contributed by atoms with van der Waals surface area (Å²) in [5, 5.41) is 21.1. The predicted molar refractivity (Wildman–Crippen MR) is 96.4 cm³/mol. The van der Waals surface area contributed by atoms with Crippen molar-refractivity contribution in [3.8, 4) is 16.8 Å². The van der Waals surface area contributed by atoms with Gasteiger partial charge in [-0.3, -0.25) is 0 Å². The van der Waals surface area contributed by atoms with Crippen LogP contribution in [0.1, 0.15) is 49.3 Å². The smallest absolute Gasteiger partial charge is 0.257 e. The number of thiophene rings is 1. The fourth-order valence-electron chi connectivity index (χ4n) is 3.35. The van der Waals surface area contributed by atoms with Crippen molar-refractivity contribution in [1.29, 1.82) is 5.26 Å². The van der Waals surface area contributed by atoms with E-state index in [0.29, 0.717) is 29.7 Å². The van der Waals surface area contributed by atoms with E-state index in [1.807, 2.05) is 6.07 Å². The lowest BCUT2D eigenvalue weighted by atomic mass is 9.72. The molecule has 0 aliphatic heterocycles. The molecule has 1 aliphatic rings. The molecule has 8 heteroatoms. The predicted octanol–water partition coefficient (Wildman–Crippen LogP) is 3.46. The molecule has 1 aliphatic carbocycles. The number of fused-ring (bicyclic) bond motifs is 1. The van der Waals surface area contributed by atoms with Crippen LogP contribution in [-0.2, 0) is 19.4 Å². The lowest BCUT2D eigenvalue weighted by Gasteiger charge is -2.33. The molecule has 26 heavy (non-hydrogen) atoms. The quantitative estimate of drug-likeness (QED) is 0.703. The molecule has 0 spiro atoms. The van der Waals surface area contributed by atoms with Gasteiger partial charge < -0.3 is 4.42 Å². The lowest BCUT2D eigenvalue weighted by molar-refractivity contribution is 0.217. The van der Waals surface area contributed by atoms with Crippen LogP contribution in [0, 0.1) is 22.7 Å². The molecular formula is C18H20N6OS. The Bertz CT molecular complexity index is 971. The summed E-state index contributed by atoms with van der Waals surface area (Å²) in [4.78, 5) is 6.34. The van der Waals surface area contributed by atoms with Gasteiger partial charge in [-0.05, 0) is 42.2 Å². The van der Waals surface area contributed by atoms with Crippen molar-refractivity contribution in [2.75, 3.05) is 0 Å². The van der Waals surface area contributed by atoms with Crippen LogP contribution < -0.4 is 0 Å². The molecule has 0 saturated heterocycles. The summed E-state index contributed by atoms with van der Waals surface area (Å²) >= 11 is 1.75. The minimum absolute atomic E-state index is 0.129. The summed E-state index contributed by atoms with van der Waals surface area (Å²) in [5.41, 5.74) is 1.75. The molecular weight excluding hydrogens is 348 g/mol. The van der Waals surface area contributed by atoms with E-state index < -0.39 is 0 Å². The Hall–Kier alpha value is -2.53. The van der Waals surface area contributed by atoms with E-state index in [4.69, 9.17) is 9.68 Å². The van der Waals surface area contributed by atoms with Crippen LogP contribution in [0.2, 0.25) is 0 Å². The summed E-state index contributed by atoms with van der Waals surface area (Å²) in [5.74, 6) is 1.84. The molecule has 0 N–H and O–H groups in total. The lowest BCUT2D eigenvalue weighted by Crippen LogP contribution is -2.26. The highest BCUT2D eigenvalue weighted by Crippen LogP contribution is 2.42. The third-order valence-electron chi connectivity index (χ3n) is 4.92. The molecule has 134 valence electrons. The molecule has 4 rings (SSSR count). The first-order valence-electron chi connectivity index (χ1n) is 8.66. The van der Waals surface area contributed by atoms with Crippen molar-refractivity contribution in [1.82, 2.24) is 25.0 Å². The normalized spacial score (nSPS) is 17.1. The Labute approximate surface area is 155 Å². The monoisotopic (exact) mass is 368 g/mol. The maximum atomic E-state index is 8.78. The highest BCUT2D eigenvalue weighted by atomic mass is 32.1. The third-order valence-corrected chi connectivity index (χ3v) is 6.14. The fourth-order valence-corrected chi connectivity index (χ4v) is 4.48. The van der Waals surface area contributed by atoms with Crippen LogP contribution in [0.15, 0.2) is 16.8 Å². The molecule has 3 heterocycles. The zero-order chi connectivity index (χ0) is 18.3. The molecule has 0 fully saturated rings. The van der Waals surface area contributed by atoms with Gasteiger partial charge >= 0.3 is 0 Å². The molecule has 1 atom stereocenters. The van der Waals surface area contributed by atoms with Gasteiger partial charge in [-0.15, -0.1) is 26.6 Å². The van der Waals surface area contributed by atoms with Gasteiger partial charge in [0.25, 0.3) is 11.7 Å². The van der Waals surface area contributed by atoms with E-state index in [2.05, 4.69) is 47.1 Å². The van der Waals surface area contributed by atoms with E-state index in [1.54, 1.807) is 11.3 Å². The Balaban J connectivity index is 1.52. The Morgan fingerprint density at radius 1 is 1.38 bits per heavy atom. The van der Waals surface area contributed by atoms with Crippen molar-refractivity contribution in [2.24, 2.45) is 11.3 Å². The first-order valence-corrected chi connectivity index (χ1v) is 9.48. The second-order valence-corrected chi connectivity index (χ2v) is 8.88. The maximum absolute atomic E-state index is 8.78. The topological polar surface area (TPSA) is 93.4 Å². The second-order valence-electron chi connectivity index (χ2n) is 7.74. The number of hydrogen-bond donors (Lipinski definition) is 0. The molecule has 0 aromatic carbocycles. The Kier molecular flexibility index (Phi) is 4.11. The summed E-state index contributed by atoms with van der Waals surface area (Å²) in [6.07, 6.45) is 4.96. The zero-order valence-corrected chi connectivity index (χ0v) is 15.9. The molecule has 7 nitrogen and oxygen atoms in total. The highest BCUT2D eigenvalue weighted by Gasteiger charge is 2.30. The average molecular weight is 368 g/mol. The van der Waals surface area contributed by atoms with Gasteiger partial charge in [-0.2, -0.15) is 5.26 Å². The second kappa shape index (κ2) is 6.32. The van der Waals surface area contributed by atoms with Crippen LogP contribution in [0.4, 0.5) is 0 Å². The minimum atomic E-state index is 0.129. The number of aryl methyl sites for hydroxylation is 1. The van der Waals surface area contributed by atoms with Crippen LogP contribution in [0.25, 0.3) is 10.8 Å². The van der Waals surface area contributed by atoms with E-state index in [0.717, 1.165) is 17.7 Å². The fraction of sp³-hybridized carbons (Fsp3) is 0.500. The summed E-state index contributed by atoms with van der Waals surface area (Å²) in [7, 11) is 0. The highest BCUT2D eigenvalue weighted by molar-refractivity contribution is 7.15. The number of aromatic nitrogens is 5. The molecule has 0 unspecified atom stereocenters. The van der Waals surface area contributed by atoms with E-state index >= 15 is 0 Å². The van der Waals surface area contributed by atoms with Crippen molar-refractivity contribution >= 4 is 11.3 Å². The van der Waals surface area contributed by atoms with Crippen LogP contribution >= 0.6 is 11.3 Å². The SMILES string of the molecule is CC(C)(C)[C@H]1CCc2sc(-c3nnc(Cn4cnc(C#N)n4)o3)cc2C1. The van der Waals surface area contributed by atoms with Gasteiger partial charge in [-0.1, -0.05) is 20.8 Å². The van der Waals surface area contributed by atoms with Gasteiger partial charge in [-0.25, -0.2) is 9.67 Å². The maximum Gasteiger partial charge on any atom is 0.257 e. The first-order chi connectivity index (χ1) is 12.4. The number of rotatable bonds is 3. The average Bonchev–Trinajstić information content (AvgIpc) is 3.32. The van der Waals surface area contributed by atoms with Crippen molar-refractivity contribution < 1.29 is 4.42 Å². The third kappa shape index (κ3) is 3.27. The molecule has 0 amide bonds. The number of nitriles is 1. The molecule has 3 aromatic rings. The van der Waals surface area contributed by atoms with Crippen molar-refractivity contribution in [3.63, 3.8) is 0 Å². The molecule has 0 saturated carbocycles. The zero-order valence-electron chi connectivity index (χ0n) is 15.1. The van der Waals surface area contributed by atoms with Crippen molar-refractivity contribution in [3.05, 3.63) is 34.5 Å². The van der Waals surface area contributed by atoms with Gasteiger partial charge in [0, 0.05) is 4.88 Å². The summed E-state index contributed by atoms with van der Waals surface area (Å²) in [6, 6.07) is 4.10. The van der Waals surface area contributed by atoms with Crippen LogP contribution in [0.5, 0.6) is 0 Å². The van der Waals surface area contributed by atoms with E-state index in [-0.39, 0.29) is 5.82 Å². The van der Waals surface area contributed by atoms with Crippen LogP contribution in [-0.4, -0.2) is 25.0 Å². The Morgan fingerprint density at radius 3 is 2.96 bits per heavy atom. The summed E-state index contributed by atoms with van der Waals surface area (Å²) < 4.78 is 7.32. The van der Waals surface area contributed by atoms with Gasteiger partial charge in [0.2, 0.25) is 5.89 Å². The molecule has 0 bridgehead atoms. The molecule has 3 aromatic heterocycles. The van der Waals surface area contributed by atoms with Gasteiger partial charge in [0.1, 0.15) is 18.9 Å². The van der Waals surface area contributed by atoms with Crippen LogP contribution in [0.3, 0.4) is 0 Å². The molecule has 0 radical (unpaired) electrons. The Morgan fingerprint density at radius 2 is 2.23 bits per heavy atom. The number of nitrogens with zero attached hydrogens (tertiary/aromatic N) is 6. The largest absolute Gasteiger partial charge is 0.418 e. The number of hydrogen-bond acceptors (Lipinski definition) is 7. The van der Waals surface area contributed by atoms with E-state index in [1.165, 1.54) is 27.9 Å². The van der Waals surface area contributed by atoms with Gasteiger partial charge in [0.05, 0.1) is 4.88 Å². The first kappa shape index (κ1) is 16.9. The van der Waals surface area contributed by atoms with E-state index in [9.17, 15) is 0 Å². The standard InChI is InChI=1S/C18H20N6OS/c1-18(2,3)12-4-5-13-11(6-12)7-14(26-13)17-22-21-16(25-17)9-24-10-20-15(8-19)23-24/h7,10,12H,4-6,9H2,1-3H3/t12-/m0/s1. The van der Waals surface area contributed by atoms with Crippen molar-refractivity contribution in [2.45, 2.75) is 46.6 Å². The van der Waals surface area contributed by atoms with Gasteiger partial charge in [0.15, 0.2) is 0 Å².